The van der Waals surface area contributed by atoms with Crippen molar-refractivity contribution in [1.29, 1.82) is 0 Å². The molecule has 0 radical (unpaired) electrons. The molecule has 0 heterocycles. The molecule has 5 nitrogen and oxygen atoms in total. The number of nitrogens with zero attached hydrogens (tertiary/aromatic N) is 2. The van der Waals surface area contributed by atoms with Gasteiger partial charge in [0.2, 0.25) is 0 Å². The largest absolute Gasteiger partial charge is 0.364 e. The zero-order chi connectivity index (χ0) is 13.4. The van der Waals surface area contributed by atoms with Crippen LogP contribution in [0.5, 0.6) is 0 Å². The number of nitrogens with one attached hydrogen (secondary N) is 3. The van der Waals surface area contributed by atoms with Gasteiger partial charge >= 0.3 is 0 Å². The van der Waals surface area contributed by atoms with Crippen LogP contribution in [-0.2, 0) is 0 Å². The standard InChI is InChI=1S/C11H14ClN5S/c1-8(15-17-11(18)13-2)7-14-16-10-5-3-4-9(12)6-10/h3-7,16H,1-2H3,(H2,13,17,18)/b14-7-,15-8-. The molecular weight excluding hydrogens is 270 g/mol. The van der Waals surface area contributed by atoms with Crippen molar-refractivity contribution in [2.45, 2.75) is 6.92 Å². The summed E-state index contributed by atoms with van der Waals surface area (Å²) in [5.41, 5.74) is 7.00. The topological polar surface area (TPSA) is 60.8 Å². The summed E-state index contributed by atoms with van der Waals surface area (Å²) in [6, 6.07) is 7.28. The first kappa shape index (κ1) is 14.4. The van der Waals surface area contributed by atoms with Crippen LogP contribution in [0.25, 0.3) is 0 Å². The van der Waals surface area contributed by atoms with E-state index in [0.29, 0.717) is 15.8 Å². The normalized spacial score (nSPS) is 11.4. The van der Waals surface area contributed by atoms with Gasteiger partial charge in [0.05, 0.1) is 17.6 Å². The van der Waals surface area contributed by atoms with E-state index < -0.39 is 0 Å². The van der Waals surface area contributed by atoms with Crippen LogP contribution < -0.4 is 16.2 Å². The molecule has 0 unspecified atom stereocenters. The minimum Gasteiger partial charge on any atom is -0.364 e. The molecule has 0 saturated heterocycles. The van der Waals surface area contributed by atoms with Crippen LogP contribution >= 0.6 is 23.8 Å². The van der Waals surface area contributed by atoms with Crippen molar-refractivity contribution in [2.75, 3.05) is 12.5 Å². The van der Waals surface area contributed by atoms with E-state index in [4.69, 9.17) is 23.8 Å². The summed E-state index contributed by atoms with van der Waals surface area (Å²) in [5, 5.41) is 11.9. The highest BCUT2D eigenvalue weighted by Gasteiger charge is 1.91. The van der Waals surface area contributed by atoms with Crippen molar-refractivity contribution < 1.29 is 0 Å². The van der Waals surface area contributed by atoms with E-state index in [1.807, 2.05) is 12.1 Å². The van der Waals surface area contributed by atoms with Crippen LogP contribution in [0, 0.1) is 0 Å². The number of halogens is 1. The first-order chi connectivity index (χ1) is 8.61. The van der Waals surface area contributed by atoms with E-state index in [9.17, 15) is 0 Å². The van der Waals surface area contributed by atoms with Crippen molar-refractivity contribution in [1.82, 2.24) is 10.7 Å². The van der Waals surface area contributed by atoms with Crippen LogP contribution in [0.15, 0.2) is 34.5 Å². The van der Waals surface area contributed by atoms with Gasteiger partial charge in [-0.05, 0) is 37.3 Å². The van der Waals surface area contributed by atoms with E-state index in [0.717, 1.165) is 5.69 Å². The SMILES string of the molecule is CNC(=S)N/N=C(C)\C=N/Nc1cccc(Cl)c1. The van der Waals surface area contributed by atoms with E-state index >= 15 is 0 Å². The molecule has 0 aliphatic carbocycles. The Balaban J connectivity index is 2.47. The zero-order valence-electron chi connectivity index (χ0n) is 10.1. The fourth-order valence-electron chi connectivity index (χ4n) is 0.982. The Morgan fingerprint density at radius 1 is 1.44 bits per heavy atom. The van der Waals surface area contributed by atoms with Gasteiger partial charge in [-0.1, -0.05) is 17.7 Å². The molecule has 1 aromatic rings. The van der Waals surface area contributed by atoms with Gasteiger partial charge in [-0.15, -0.1) is 0 Å². The maximum atomic E-state index is 5.84. The third kappa shape index (κ3) is 5.60. The second kappa shape index (κ2) is 7.62. The summed E-state index contributed by atoms with van der Waals surface area (Å²) in [4.78, 5) is 0. The van der Waals surface area contributed by atoms with E-state index in [-0.39, 0.29) is 0 Å². The first-order valence-corrected chi connectivity index (χ1v) is 5.97. The lowest BCUT2D eigenvalue weighted by Crippen LogP contribution is -2.29. The lowest BCUT2D eigenvalue weighted by atomic mass is 10.3. The fraction of sp³-hybridized carbons (Fsp3) is 0.182. The molecule has 0 spiro atoms. The zero-order valence-corrected chi connectivity index (χ0v) is 11.6. The molecule has 1 rings (SSSR count). The smallest absolute Gasteiger partial charge is 0.186 e. The van der Waals surface area contributed by atoms with E-state index in [1.165, 1.54) is 0 Å². The maximum absolute atomic E-state index is 5.84. The number of benzene rings is 1. The predicted molar refractivity (Wildman–Crippen MR) is 81.5 cm³/mol. The monoisotopic (exact) mass is 283 g/mol. The van der Waals surface area contributed by atoms with Gasteiger partial charge in [-0.25, -0.2) is 0 Å². The average molecular weight is 284 g/mol. The molecule has 0 bridgehead atoms. The van der Waals surface area contributed by atoms with Gasteiger partial charge < -0.3 is 5.32 Å². The number of anilines is 1. The quantitative estimate of drug-likeness (QED) is 0.450. The molecule has 0 aliphatic rings. The molecular formula is C11H14ClN5S. The number of thiocarbonyl (C=S) groups is 1. The first-order valence-electron chi connectivity index (χ1n) is 5.18. The molecule has 0 amide bonds. The van der Waals surface area contributed by atoms with Gasteiger partial charge in [0.15, 0.2) is 5.11 Å². The van der Waals surface area contributed by atoms with Crippen molar-refractivity contribution >= 4 is 46.5 Å². The summed E-state index contributed by atoms with van der Waals surface area (Å²) in [7, 11) is 1.72. The Morgan fingerprint density at radius 2 is 2.22 bits per heavy atom. The molecule has 18 heavy (non-hydrogen) atoms. The minimum absolute atomic E-state index is 0.450. The Morgan fingerprint density at radius 3 is 2.89 bits per heavy atom. The van der Waals surface area contributed by atoms with Crippen LogP contribution in [0.1, 0.15) is 6.92 Å². The number of hydrazone groups is 2. The molecule has 0 saturated carbocycles. The summed E-state index contributed by atoms with van der Waals surface area (Å²) < 4.78 is 0. The molecule has 96 valence electrons. The molecule has 7 heteroatoms. The van der Waals surface area contributed by atoms with Gasteiger partial charge in [-0.3, -0.25) is 10.9 Å². The molecule has 0 aliphatic heterocycles. The summed E-state index contributed by atoms with van der Waals surface area (Å²) in [6.45, 7) is 1.80. The molecule has 3 N–H and O–H groups in total. The van der Waals surface area contributed by atoms with Crippen molar-refractivity contribution in [3.8, 4) is 0 Å². The fourth-order valence-corrected chi connectivity index (χ4v) is 1.22. The Kier molecular flexibility index (Phi) is 6.10. The van der Waals surface area contributed by atoms with Crippen LogP contribution in [0.2, 0.25) is 5.02 Å². The lowest BCUT2D eigenvalue weighted by molar-refractivity contribution is 0.977. The lowest BCUT2D eigenvalue weighted by Gasteiger charge is -2.01. The minimum atomic E-state index is 0.450. The highest BCUT2D eigenvalue weighted by atomic mass is 35.5. The van der Waals surface area contributed by atoms with E-state index in [1.54, 1.807) is 32.3 Å². The third-order valence-corrected chi connectivity index (χ3v) is 2.36. The Hall–Kier alpha value is -1.66. The maximum Gasteiger partial charge on any atom is 0.186 e. The Bertz CT molecular complexity index is 472. The van der Waals surface area contributed by atoms with Crippen LogP contribution in [0.3, 0.4) is 0 Å². The molecule has 0 aromatic heterocycles. The van der Waals surface area contributed by atoms with Gasteiger partial charge in [-0.2, -0.15) is 10.2 Å². The molecule has 1 aromatic carbocycles. The number of hydrogen-bond acceptors (Lipinski definition) is 4. The van der Waals surface area contributed by atoms with Crippen molar-refractivity contribution in [3.63, 3.8) is 0 Å². The summed E-state index contributed by atoms with van der Waals surface area (Å²) in [5.74, 6) is 0. The second-order valence-electron chi connectivity index (χ2n) is 3.32. The third-order valence-electron chi connectivity index (χ3n) is 1.83. The van der Waals surface area contributed by atoms with Gasteiger partial charge in [0, 0.05) is 12.1 Å². The summed E-state index contributed by atoms with van der Waals surface area (Å²) in [6.07, 6.45) is 1.58. The van der Waals surface area contributed by atoms with Crippen LogP contribution in [0.4, 0.5) is 5.69 Å². The Labute approximate surface area is 116 Å². The number of rotatable bonds is 4. The van der Waals surface area contributed by atoms with Gasteiger partial charge in [0.25, 0.3) is 0 Å². The van der Waals surface area contributed by atoms with Crippen molar-refractivity contribution in [3.05, 3.63) is 29.3 Å². The molecule has 0 fully saturated rings. The highest BCUT2D eigenvalue weighted by Crippen LogP contribution is 2.14. The number of hydrogen-bond donors (Lipinski definition) is 3. The predicted octanol–water partition coefficient (Wildman–Crippen LogP) is 2.21. The van der Waals surface area contributed by atoms with Crippen molar-refractivity contribution in [2.24, 2.45) is 10.2 Å². The van der Waals surface area contributed by atoms with Crippen LogP contribution in [-0.4, -0.2) is 24.1 Å². The highest BCUT2D eigenvalue weighted by molar-refractivity contribution is 7.80. The van der Waals surface area contributed by atoms with E-state index in [2.05, 4.69) is 26.4 Å². The van der Waals surface area contributed by atoms with Gasteiger partial charge in [0.1, 0.15) is 0 Å². The summed E-state index contributed by atoms with van der Waals surface area (Å²) >= 11 is 10.7. The molecule has 0 atom stereocenters. The average Bonchev–Trinajstić information content (AvgIpc) is 2.36. The second-order valence-corrected chi connectivity index (χ2v) is 4.17.